The van der Waals surface area contributed by atoms with E-state index in [1.54, 1.807) is 24.7 Å². The number of anilines is 1. The molecule has 6 nitrogen and oxygen atoms in total. The lowest BCUT2D eigenvalue weighted by atomic mass is 9.98. The molecule has 0 spiro atoms. The van der Waals surface area contributed by atoms with Crippen LogP contribution in [0.15, 0.2) is 47.4 Å². The average Bonchev–Trinajstić information content (AvgIpc) is 3.10. The first kappa shape index (κ1) is 18.0. The normalized spacial score (nSPS) is 20.8. The smallest absolute Gasteiger partial charge is 0.258 e. The van der Waals surface area contributed by atoms with Crippen molar-refractivity contribution < 1.29 is 9.47 Å². The largest absolute Gasteiger partial charge is 0.493 e. The van der Waals surface area contributed by atoms with Gasteiger partial charge in [0.05, 0.1) is 25.6 Å². The predicted octanol–water partition coefficient (Wildman–Crippen LogP) is 3.62. The molecule has 5 rings (SSSR count). The number of piperidine rings is 1. The van der Waals surface area contributed by atoms with E-state index in [1.165, 1.54) is 19.3 Å². The monoisotopic (exact) mass is 391 g/mol. The van der Waals surface area contributed by atoms with Crippen LogP contribution in [-0.2, 0) is 0 Å². The first-order chi connectivity index (χ1) is 14.1. The van der Waals surface area contributed by atoms with Gasteiger partial charge < -0.3 is 14.4 Å². The van der Waals surface area contributed by atoms with Crippen LogP contribution in [0.1, 0.15) is 19.3 Å². The zero-order chi connectivity index (χ0) is 20.0. The van der Waals surface area contributed by atoms with Crippen molar-refractivity contribution in [3.05, 3.63) is 52.9 Å². The maximum absolute atomic E-state index is 12.9. The topological polar surface area (TPSA) is 56.1 Å². The summed E-state index contributed by atoms with van der Waals surface area (Å²) in [5, 5.41) is 0. The SMILES string of the molecule is COc1ccc(-c2cc(=O)n3cc(N4CC5CCC(C5)C4)ccc3n2)cc1OC. The zero-order valence-electron chi connectivity index (χ0n) is 16.8. The summed E-state index contributed by atoms with van der Waals surface area (Å²) in [5.41, 5.74) is 3.11. The molecule has 6 heteroatoms. The molecule has 150 valence electrons. The second kappa shape index (κ2) is 7.10. The summed E-state index contributed by atoms with van der Waals surface area (Å²) in [4.78, 5) is 20.0. The van der Waals surface area contributed by atoms with E-state index in [1.807, 2.05) is 30.5 Å². The highest BCUT2D eigenvalue weighted by Crippen LogP contribution is 2.38. The van der Waals surface area contributed by atoms with Gasteiger partial charge in [0.2, 0.25) is 0 Å². The van der Waals surface area contributed by atoms with Crippen molar-refractivity contribution in [2.45, 2.75) is 19.3 Å². The van der Waals surface area contributed by atoms with E-state index in [9.17, 15) is 4.79 Å². The van der Waals surface area contributed by atoms with Crippen LogP contribution in [0, 0.1) is 11.8 Å². The average molecular weight is 391 g/mol. The summed E-state index contributed by atoms with van der Waals surface area (Å²) in [6, 6.07) is 11.2. The van der Waals surface area contributed by atoms with E-state index in [2.05, 4.69) is 11.0 Å². The van der Waals surface area contributed by atoms with Crippen LogP contribution in [-0.4, -0.2) is 36.7 Å². The molecule has 2 unspecified atom stereocenters. The van der Waals surface area contributed by atoms with Crippen LogP contribution < -0.4 is 19.9 Å². The zero-order valence-corrected chi connectivity index (χ0v) is 16.8. The van der Waals surface area contributed by atoms with Crippen molar-refractivity contribution in [3.63, 3.8) is 0 Å². The van der Waals surface area contributed by atoms with Gasteiger partial charge >= 0.3 is 0 Å². The molecule has 2 aromatic heterocycles. The van der Waals surface area contributed by atoms with Crippen LogP contribution in [0.4, 0.5) is 5.69 Å². The number of rotatable bonds is 4. The van der Waals surface area contributed by atoms with Crippen LogP contribution in [0.2, 0.25) is 0 Å². The third-order valence-electron chi connectivity index (χ3n) is 6.30. The summed E-state index contributed by atoms with van der Waals surface area (Å²) in [5.74, 6) is 2.86. The van der Waals surface area contributed by atoms with Crippen molar-refractivity contribution in [2.75, 3.05) is 32.2 Å². The van der Waals surface area contributed by atoms with Crippen LogP contribution in [0.3, 0.4) is 0 Å². The van der Waals surface area contributed by atoms with Crippen molar-refractivity contribution in [1.29, 1.82) is 0 Å². The van der Waals surface area contributed by atoms with Crippen LogP contribution >= 0.6 is 0 Å². The molecular formula is C23H25N3O3. The molecule has 2 fully saturated rings. The fourth-order valence-corrected chi connectivity index (χ4v) is 4.84. The van der Waals surface area contributed by atoms with Gasteiger partial charge in [0, 0.05) is 30.9 Å². The second-order valence-corrected chi connectivity index (χ2v) is 8.11. The standard InChI is InChI=1S/C23H25N3O3/c1-28-20-7-5-17(10-21(20)29-2)19-11-23(27)26-14-18(6-8-22(26)24-19)25-12-15-3-4-16(9-15)13-25/h5-8,10-11,14-16H,3-4,9,12-13H2,1-2H3. The molecule has 0 amide bonds. The number of nitrogens with zero attached hydrogens (tertiary/aromatic N) is 3. The number of methoxy groups -OCH3 is 2. The number of hydrogen-bond acceptors (Lipinski definition) is 5. The van der Waals surface area contributed by atoms with E-state index < -0.39 is 0 Å². The van der Waals surface area contributed by atoms with Gasteiger partial charge in [0.15, 0.2) is 11.5 Å². The summed E-state index contributed by atoms with van der Waals surface area (Å²) in [7, 11) is 3.20. The number of benzene rings is 1. The Morgan fingerprint density at radius 1 is 0.966 bits per heavy atom. The molecule has 0 N–H and O–H groups in total. The Bertz CT molecular complexity index is 1110. The maximum atomic E-state index is 12.9. The Labute approximate surface area is 169 Å². The molecule has 29 heavy (non-hydrogen) atoms. The van der Waals surface area contributed by atoms with Crippen molar-refractivity contribution in [2.24, 2.45) is 11.8 Å². The lowest BCUT2D eigenvalue weighted by Crippen LogP contribution is -2.36. The van der Waals surface area contributed by atoms with E-state index in [-0.39, 0.29) is 5.56 Å². The van der Waals surface area contributed by atoms with Gasteiger partial charge in [-0.05, 0) is 61.4 Å². The Balaban J connectivity index is 1.51. The van der Waals surface area contributed by atoms with Crippen molar-refractivity contribution >= 4 is 11.3 Å². The van der Waals surface area contributed by atoms with Gasteiger partial charge in [-0.25, -0.2) is 4.98 Å². The quantitative estimate of drug-likeness (QED) is 0.680. The first-order valence-electron chi connectivity index (χ1n) is 10.2. The highest BCUT2D eigenvalue weighted by Gasteiger charge is 2.33. The Kier molecular flexibility index (Phi) is 4.42. The third kappa shape index (κ3) is 3.22. The van der Waals surface area contributed by atoms with E-state index in [0.717, 1.165) is 36.2 Å². The highest BCUT2D eigenvalue weighted by molar-refractivity contribution is 5.66. The van der Waals surface area contributed by atoms with Gasteiger partial charge in [-0.3, -0.25) is 9.20 Å². The molecule has 1 saturated heterocycles. The van der Waals surface area contributed by atoms with E-state index in [0.29, 0.717) is 22.8 Å². The predicted molar refractivity (Wildman–Crippen MR) is 113 cm³/mol. The molecule has 2 atom stereocenters. The molecule has 1 aromatic carbocycles. The molecule has 1 aliphatic heterocycles. The second-order valence-electron chi connectivity index (χ2n) is 8.11. The van der Waals surface area contributed by atoms with Gasteiger partial charge in [-0.1, -0.05) is 0 Å². The van der Waals surface area contributed by atoms with Crippen molar-refractivity contribution in [1.82, 2.24) is 9.38 Å². The van der Waals surface area contributed by atoms with Gasteiger partial charge in [0.25, 0.3) is 5.56 Å². The Morgan fingerprint density at radius 3 is 2.45 bits per heavy atom. The molecule has 1 aliphatic carbocycles. The minimum atomic E-state index is -0.0818. The Hall–Kier alpha value is -3.02. The van der Waals surface area contributed by atoms with Gasteiger partial charge in [-0.2, -0.15) is 0 Å². The fraction of sp³-hybridized carbons (Fsp3) is 0.391. The maximum Gasteiger partial charge on any atom is 0.258 e. The summed E-state index contributed by atoms with van der Waals surface area (Å²) >= 11 is 0. The molecule has 3 aromatic rings. The number of aromatic nitrogens is 2. The number of ether oxygens (including phenoxy) is 2. The summed E-state index contributed by atoms with van der Waals surface area (Å²) in [6.07, 6.45) is 5.98. The summed E-state index contributed by atoms with van der Waals surface area (Å²) in [6.45, 7) is 2.18. The fourth-order valence-electron chi connectivity index (χ4n) is 4.84. The van der Waals surface area contributed by atoms with Crippen molar-refractivity contribution in [3.8, 4) is 22.8 Å². The molecule has 1 saturated carbocycles. The van der Waals surface area contributed by atoms with Crippen LogP contribution in [0.25, 0.3) is 16.9 Å². The molecular weight excluding hydrogens is 366 g/mol. The molecule has 3 heterocycles. The highest BCUT2D eigenvalue weighted by atomic mass is 16.5. The lowest BCUT2D eigenvalue weighted by molar-refractivity contribution is 0.355. The van der Waals surface area contributed by atoms with Gasteiger partial charge in [-0.15, -0.1) is 0 Å². The number of pyridine rings is 1. The number of hydrogen-bond donors (Lipinski definition) is 0. The Morgan fingerprint density at radius 2 is 1.72 bits per heavy atom. The van der Waals surface area contributed by atoms with E-state index >= 15 is 0 Å². The minimum Gasteiger partial charge on any atom is -0.493 e. The summed E-state index contributed by atoms with van der Waals surface area (Å²) < 4.78 is 12.3. The third-order valence-corrected chi connectivity index (χ3v) is 6.30. The lowest BCUT2D eigenvalue weighted by Gasteiger charge is -2.33. The minimum absolute atomic E-state index is 0.0818. The van der Waals surface area contributed by atoms with E-state index in [4.69, 9.17) is 14.5 Å². The number of fused-ring (bicyclic) bond motifs is 3. The van der Waals surface area contributed by atoms with Gasteiger partial charge in [0.1, 0.15) is 5.65 Å². The molecule has 0 radical (unpaired) electrons. The molecule has 2 aliphatic rings. The molecule has 2 bridgehead atoms. The first-order valence-corrected chi connectivity index (χ1v) is 10.2. The van der Waals surface area contributed by atoms with Crippen LogP contribution in [0.5, 0.6) is 11.5 Å².